The van der Waals surface area contributed by atoms with E-state index in [-0.39, 0.29) is 18.4 Å². The molecule has 0 bridgehead atoms. The molecule has 0 aromatic heterocycles. The van der Waals surface area contributed by atoms with Crippen molar-refractivity contribution in [3.05, 3.63) is 77.4 Å². The highest BCUT2D eigenvalue weighted by Gasteiger charge is 2.33. The molecule has 1 saturated heterocycles. The highest BCUT2D eigenvalue weighted by molar-refractivity contribution is 6.25. The summed E-state index contributed by atoms with van der Waals surface area (Å²) in [6.45, 7) is 9.49. The van der Waals surface area contributed by atoms with Crippen LogP contribution in [0.5, 0.6) is 5.75 Å². The summed E-state index contributed by atoms with van der Waals surface area (Å²) in [4.78, 5) is 32.2. The minimum atomic E-state index is -0.571. The topological polar surface area (TPSA) is 73.3 Å². The quantitative estimate of drug-likeness (QED) is 0.412. The minimum Gasteiger partial charge on any atom is -0.491 e. The third-order valence-corrected chi connectivity index (χ3v) is 7.92. The van der Waals surface area contributed by atoms with Crippen molar-refractivity contribution < 1.29 is 19.4 Å². The number of benzene rings is 3. The van der Waals surface area contributed by atoms with E-state index >= 15 is 0 Å². The molecular formula is C31H37N3O4. The van der Waals surface area contributed by atoms with Crippen LogP contribution >= 0.6 is 0 Å². The molecule has 7 nitrogen and oxygen atoms in total. The van der Waals surface area contributed by atoms with Crippen LogP contribution in [-0.4, -0.2) is 90.1 Å². The number of imide groups is 1. The second kappa shape index (κ2) is 11.6. The fourth-order valence-electron chi connectivity index (χ4n) is 5.50. The Bertz CT molecular complexity index is 1250. The number of hydrogen-bond acceptors (Lipinski definition) is 6. The maximum absolute atomic E-state index is 13.1. The lowest BCUT2D eigenvalue weighted by Crippen LogP contribution is -2.51. The molecule has 2 heterocycles. The molecule has 0 radical (unpaired) electrons. The van der Waals surface area contributed by atoms with Crippen molar-refractivity contribution in [1.82, 2.24) is 14.7 Å². The van der Waals surface area contributed by atoms with Gasteiger partial charge in [-0.15, -0.1) is 0 Å². The molecule has 2 atom stereocenters. The number of aliphatic hydroxyl groups excluding tert-OH is 1. The Kier molecular flexibility index (Phi) is 8.07. The zero-order chi connectivity index (χ0) is 26.6. The van der Waals surface area contributed by atoms with Gasteiger partial charge < -0.3 is 9.84 Å². The maximum Gasteiger partial charge on any atom is 0.261 e. The van der Waals surface area contributed by atoms with E-state index in [1.807, 2.05) is 54.6 Å². The molecule has 3 aromatic carbocycles. The molecule has 0 saturated carbocycles. The van der Waals surface area contributed by atoms with E-state index in [0.717, 1.165) is 49.1 Å². The Balaban J connectivity index is 1.09. The van der Waals surface area contributed by atoms with Gasteiger partial charge in [-0.05, 0) is 41.5 Å². The smallest absolute Gasteiger partial charge is 0.261 e. The van der Waals surface area contributed by atoms with Gasteiger partial charge in [0.15, 0.2) is 0 Å². The molecule has 2 aliphatic rings. The summed E-state index contributed by atoms with van der Waals surface area (Å²) in [5.74, 6) is 0.841. The lowest BCUT2D eigenvalue weighted by molar-refractivity contribution is 0.0414. The number of nitrogens with zero attached hydrogens (tertiary/aromatic N) is 3. The molecule has 3 aromatic rings. The van der Waals surface area contributed by atoms with Crippen LogP contribution in [0.2, 0.25) is 0 Å². The van der Waals surface area contributed by atoms with Crippen molar-refractivity contribution in [2.45, 2.75) is 32.3 Å². The van der Waals surface area contributed by atoms with Crippen LogP contribution < -0.4 is 4.74 Å². The summed E-state index contributed by atoms with van der Waals surface area (Å²) in [6.07, 6.45) is 0.467. The molecule has 2 amide bonds. The lowest BCUT2D eigenvalue weighted by atomic mass is 9.94. The zero-order valence-electron chi connectivity index (χ0n) is 22.3. The lowest BCUT2D eigenvalue weighted by Gasteiger charge is -2.36. The first-order valence-electron chi connectivity index (χ1n) is 13.7. The van der Waals surface area contributed by atoms with Crippen molar-refractivity contribution in [1.29, 1.82) is 0 Å². The molecule has 0 unspecified atom stereocenters. The van der Waals surface area contributed by atoms with Crippen molar-refractivity contribution in [3.8, 4) is 5.75 Å². The van der Waals surface area contributed by atoms with Crippen LogP contribution in [0.25, 0.3) is 10.8 Å². The standard InChI is InChI=1S/C31H37N3O4/c1-3-22(2)25-10-4-5-13-28(25)38-21-24(35)20-33-16-14-32(15-17-33)18-19-34-30(36)26-11-6-8-23-9-7-12-27(29(23)26)31(34)37/h4-13,22,24,35H,3,14-21H2,1-2H3/t22-,24+/m1/s1. The van der Waals surface area contributed by atoms with Gasteiger partial charge in [-0.1, -0.05) is 56.3 Å². The molecule has 38 heavy (non-hydrogen) atoms. The number of β-amino-alcohol motifs (C(OH)–C–C–N with tert-alkyl or cyclic N) is 1. The third kappa shape index (κ3) is 5.46. The van der Waals surface area contributed by atoms with Gasteiger partial charge in [0.25, 0.3) is 11.8 Å². The fourth-order valence-corrected chi connectivity index (χ4v) is 5.50. The second-order valence-electron chi connectivity index (χ2n) is 10.4. The van der Waals surface area contributed by atoms with Crippen LogP contribution in [0.1, 0.15) is 52.5 Å². The monoisotopic (exact) mass is 515 g/mol. The summed E-state index contributed by atoms with van der Waals surface area (Å²) in [5.41, 5.74) is 2.39. The van der Waals surface area contributed by atoms with Crippen LogP contribution in [0.4, 0.5) is 0 Å². The average Bonchev–Trinajstić information content (AvgIpc) is 2.95. The molecule has 2 aliphatic heterocycles. The highest BCUT2D eigenvalue weighted by Crippen LogP contribution is 2.30. The van der Waals surface area contributed by atoms with E-state index in [1.54, 1.807) is 0 Å². The van der Waals surface area contributed by atoms with Crippen molar-refractivity contribution in [2.75, 3.05) is 52.4 Å². The zero-order valence-corrected chi connectivity index (χ0v) is 22.3. The number of piperazine rings is 1. The van der Waals surface area contributed by atoms with E-state index < -0.39 is 6.10 Å². The first-order chi connectivity index (χ1) is 18.5. The number of aliphatic hydroxyl groups is 1. The van der Waals surface area contributed by atoms with E-state index in [9.17, 15) is 14.7 Å². The Morgan fingerprint density at radius 1 is 0.842 bits per heavy atom. The van der Waals surface area contributed by atoms with Crippen molar-refractivity contribution >= 4 is 22.6 Å². The van der Waals surface area contributed by atoms with Crippen LogP contribution in [0.15, 0.2) is 60.7 Å². The van der Waals surface area contributed by atoms with Crippen molar-refractivity contribution in [2.24, 2.45) is 0 Å². The number of hydrogen-bond donors (Lipinski definition) is 1. The molecule has 0 spiro atoms. The SMILES string of the molecule is CC[C@@H](C)c1ccccc1OC[C@@H](O)CN1CCN(CCN2C(=O)c3cccc4cccc(c34)C2=O)CC1. The molecule has 200 valence electrons. The number of rotatable bonds is 10. The molecule has 1 N–H and O–H groups in total. The highest BCUT2D eigenvalue weighted by atomic mass is 16.5. The van der Waals surface area contributed by atoms with Gasteiger partial charge in [0, 0.05) is 62.3 Å². The van der Waals surface area contributed by atoms with Gasteiger partial charge in [0.1, 0.15) is 18.5 Å². The van der Waals surface area contributed by atoms with E-state index in [2.05, 4.69) is 29.7 Å². The molecule has 7 heteroatoms. The number of carbonyl (C=O) groups excluding carboxylic acids is 2. The number of ether oxygens (including phenoxy) is 1. The molecular weight excluding hydrogens is 478 g/mol. The predicted octanol–water partition coefficient (Wildman–Crippen LogP) is 4.01. The number of amides is 2. The Morgan fingerprint density at radius 3 is 2.13 bits per heavy atom. The van der Waals surface area contributed by atoms with Gasteiger partial charge in [0.2, 0.25) is 0 Å². The number of para-hydroxylation sites is 1. The van der Waals surface area contributed by atoms with E-state index in [1.165, 1.54) is 10.5 Å². The van der Waals surface area contributed by atoms with Gasteiger partial charge in [-0.2, -0.15) is 0 Å². The molecule has 0 aliphatic carbocycles. The summed E-state index contributed by atoms with van der Waals surface area (Å²) in [5, 5.41) is 12.3. The Labute approximate surface area is 224 Å². The normalized spacial score (nSPS) is 18.1. The predicted molar refractivity (Wildman–Crippen MR) is 149 cm³/mol. The summed E-state index contributed by atoms with van der Waals surface area (Å²) in [6, 6.07) is 19.3. The summed E-state index contributed by atoms with van der Waals surface area (Å²) < 4.78 is 6.00. The second-order valence-corrected chi connectivity index (χ2v) is 10.4. The van der Waals surface area contributed by atoms with Crippen LogP contribution in [0.3, 0.4) is 0 Å². The number of carbonyl (C=O) groups is 2. The largest absolute Gasteiger partial charge is 0.491 e. The minimum absolute atomic E-state index is 0.212. The Hall–Kier alpha value is -3.26. The average molecular weight is 516 g/mol. The van der Waals surface area contributed by atoms with Gasteiger partial charge in [-0.25, -0.2) is 0 Å². The maximum atomic E-state index is 13.1. The van der Waals surface area contributed by atoms with Crippen LogP contribution in [0, 0.1) is 0 Å². The molecule has 1 fully saturated rings. The summed E-state index contributed by atoms with van der Waals surface area (Å²) in [7, 11) is 0. The van der Waals surface area contributed by atoms with Gasteiger partial charge >= 0.3 is 0 Å². The fraction of sp³-hybridized carbons (Fsp3) is 0.419. The van der Waals surface area contributed by atoms with Crippen LogP contribution in [-0.2, 0) is 0 Å². The van der Waals surface area contributed by atoms with Gasteiger partial charge in [0.05, 0.1) is 0 Å². The molecule has 5 rings (SSSR count). The van der Waals surface area contributed by atoms with Crippen molar-refractivity contribution in [3.63, 3.8) is 0 Å². The van der Waals surface area contributed by atoms with E-state index in [4.69, 9.17) is 4.74 Å². The third-order valence-electron chi connectivity index (χ3n) is 7.92. The first kappa shape index (κ1) is 26.4. The van der Waals surface area contributed by atoms with E-state index in [0.29, 0.717) is 36.7 Å². The Morgan fingerprint density at radius 2 is 1.47 bits per heavy atom. The first-order valence-corrected chi connectivity index (χ1v) is 13.7. The summed E-state index contributed by atoms with van der Waals surface area (Å²) >= 11 is 0. The van der Waals surface area contributed by atoms with Gasteiger partial charge in [-0.3, -0.25) is 24.3 Å².